The van der Waals surface area contributed by atoms with E-state index in [9.17, 15) is 29.3 Å². The first kappa shape index (κ1) is 37.7. The second-order valence-electron chi connectivity index (χ2n) is 12.4. The highest BCUT2D eigenvalue weighted by molar-refractivity contribution is 5.94. The number of nitrogens with one attached hydrogen (secondary N) is 5. The number of hydrogen-bond donors (Lipinski definition) is 6. The monoisotopic (exact) mass is 676 g/mol. The van der Waals surface area contributed by atoms with E-state index >= 15 is 0 Å². The number of benzene rings is 3. The second-order valence-corrected chi connectivity index (χ2v) is 12.4. The van der Waals surface area contributed by atoms with Crippen molar-refractivity contribution in [2.45, 2.75) is 70.2 Å². The van der Waals surface area contributed by atoms with Gasteiger partial charge >= 0.3 is 6.09 Å². The molecule has 0 aliphatic carbocycles. The van der Waals surface area contributed by atoms with Crippen LogP contribution in [0, 0.1) is 15.5 Å². The summed E-state index contributed by atoms with van der Waals surface area (Å²) in [4.78, 5) is 64.6. The van der Waals surface area contributed by atoms with Crippen molar-refractivity contribution < 1.29 is 28.9 Å². The van der Waals surface area contributed by atoms with Crippen molar-refractivity contribution in [3.63, 3.8) is 0 Å². The highest BCUT2D eigenvalue weighted by atomic mass is 16.7. The molecule has 15 nitrogen and oxygen atoms in total. The Labute approximate surface area is 284 Å². The van der Waals surface area contributed by atoms with Crippen LogP contribution in [0.2, 0.25) is 0 Å². The van der Waals surface area contributed by atoms with E-state index < -0.39 is 58.5 Å². The molecular weight excluding hydrogens is 632 g/mol. The van der Waals surface area contributed by atoms with Crippen LogP contribution in [0.5, 0.6) is 0 Å². The largest absolute Gasteiger partial charge is 0.444 e. The van der Waals surface area contributed by atoms with Crippen molar-refractivity contribution in [1.82, 2.24) is 26.3 Å². The van der Waals surface area contributed by atoms with E-state index in [1.807, 2.05) is 42.5 Å². The Balaban J connectivity index is 1.87. The first-order chi connectivity index (χ1) is 23.2. The number of hydrogen-bond acceptors (Lipinski definition) is 8. The maximum Gasteiger partial charge on any atom is 0.408 e. The standard InChI is InChI=1S/C34H44N8O7/c1-34(2,3)49-33(46)40-28(20-22-11-6-5-7-12-22)31(45)38-26(15-10-18-41(32(35)36)42(47)48)30(44)39-27(29(43)37-4)21-23-16-17-24-13-8-9-14-25(24)19-23/h5-9,11-14,16-17,19,26-28H,10,15,18,20-21H2,1-4H3,(H3,35,36)(H,37,43)(H,38,45)(H,39,44)(H,40,46)/t26-,27+,28?/m1/s1. The number of alkyl carbamates (subject to hydrolysis) is 1. The highest BCUT2D eigenvalue weighted by Gasteiger charge is 2.31. The van der Waals surface area contributed by atoms with Gasteiger partial charge < -0.3 is 31.7 Å². The predicted octanol–water partition coefficient (Wildman–Crippen LogP) is 2.40. The highest BCUT2D eigenvalue weighted by Crippen LogP contribution is 2.17. The van der Waals surface area contributed by atoms with E-state index in [4.69, 9.17) is 15.9 Å². The van der Waals surface area contributed by atoms with Gasteiger partial charge in [-0.05, 0) is 55.5 Å². The van der Waals surface area contributed by atoms with E-state index in [0.29, 0.717) is 5.01 Å². The number of hydrazine groups is 1. The lowest BCUT2D eigenvalue weighted by molar-refractivity contribution is -0.629. The topological polar surface area (TPSA) is 222 Å². The number of ether oxygens (including phenoxy) is 1. The number of nitrogens with zero attached hydrogens (tertiary/aromatic N) is 2. The number of amides is 4. The molecule has 3 rings (SSSR count). The summed E-state index contributed by atoms with van der Waals surface area (Å²) < 4.78 is 5.36. The lowest BCUT2D eigenvalue weighted by Gasteiger charge is -2.26. The minimum atomic E-state index is -1.30. The van der Waals surface area contributed by atoms with Crippen LogP contribution in [0.25, 0.3) is 10.8 Å². The Morgan fingerprint density at radius 3 is 2.02 bits per heavy atom. The van der Waals surface area contributed by atoms with Gasteiger partial charge in [0, 0.05) is 19.9 Å². The second kappa shape index (κ2) is 17.4. The molecule has 0 heterocycles. The fourth-order valence-electron chi connectivity index (χ4n) is 5.04. The molecule has 0 aromatic heterocycles. The molecule has 262 valence electrons. The molecule has 15 heteroatoms. The fraction of sp³-hybridized carbons (Fsp3) is 0.382. The SMILES string of the molecule is CNC(=O)[C@H](Cc1ccc2ccccc2c1)NC(=O)[C@@H](CCCN(C(=N)N)[N+](=O)[O-])NC(=O)C(Cc1ccccc1)NC(=O)OC(C)(C)C. The van der Waals surface area contributed by atoms with Crippen molar-refractivity contribution in [3.8, 4) is 0 Å². The number of guanidine groups is 1. The number of carbonyl (C=O) groups is 4. The third kappa shape index (κ3) is 12.1. The van der Waals surface area contributed by atoms with Crippen molar-refractivity contribution in [1.29, 1.82) is 5.41 Å². The van der Waals surface area contributed by atoms with Gasteiger partial charge in [-0.15, -0.1) is 0 Å². The molecular formula is C34H44N8O7. The van der Waals surface area contributed by atoms with Crippen LogP contribution in [-0.4, -0.2) is 77.1 Å². The lowest BCUT2D eigenvalue weighted by Crippen LogP contribution is -2.57. The summed E-state index contributed by atoms with van der Waals surface area (Å²) in [6, 6.07) is 18.8. The molecule has 3 aromatic carbocycles. The molecule has 0 spiro atoms. The Kier molecular flexibility index (Phi) is 13.4. The first-order valence-corrected chi connectivity index (χ1v) is 15.8. The van der Waals surface area contributed by atoms with E-state index in [1.54, 1.807) is 51.1 Å². The molecule has 0 bridgehead atoms. The summed E-state index contributed by atoms with van der Waals surface area (Å²) in [7, 11) is 1.44. The first-order valence-electron chi connectivity index (χ1n) is 15.8. The van der Waals surface area contributed by atoms with E-state index in [2.05, 4.69) is 21.3 Å². The van der Waals surface area contributed by atoms with Crippen LogP contribution in [0.15, 0.2) is 72.8 Å². The molecule has 3 aromatic rings. The number of carbonyl (C=O) groups excluding carboxylic acids is 4. The summed E-state index contributed by atoms with van der Waals surface area (Å²) in [5.41, 5.74) is 5.99. The summed E-state index contributed by atoms with van der Waals surface area (Å²) in [5, 5.41) is 30.9. The number of nitro groups is 1. The van der Waals surface area contributed by atoms with Crippen molar-refractivity contribution in [3.05, 3.63) is 94.0 Å². The van der Waals surface area contributed by atoms with Gasteiger partial charge in [0.2, 0.25) is 17.7 Å². The molecule has 0 aliphatic rings. The van der Waals surface area contributed by atoms with Crippen LogP contribution < -0.4 is 27.0 Å². The summed E-state index contributed by atoms with van der Waals surface area (Å²) in [6.07, 6.45) is -0.828. The van der Waals surface area contributed by atoms with Crippen molar-refractivity contribution >= 4 is 40.5 Å². The maximum atomic E-state index is 13.8. The van der Waals surface area contributed by atoms with Gasteiger partial charge in [-0.25, -0.2) is 14.9 Å². The van der Waals surface area contributed by atoms with E-state index in [0.717, 1.165) is 21.9 Å². The van der Waals surface area contributed by atoms with Gasteiger partial charge in [0.1, 0.15) is 23.7 Å². The molecule has 4 amide bonds. The third-order valence-corrected chi connectivity index (χ3v) is 7.39. The molecule has 7 N–H and O–H groups in total. The number of fused-ring (bicyclic) bond motifs is 1. The summed E-state index contributed by atoms with van der Waals surface area (Å²) in [5.74, 6) is -2.72. The molecule has 0 aliphatic heterocycles. The van der Waals surface area contributed by atoms with Gasteiger partial charge in [-0.2, -0.15) is 0 Å². The molecule has 49 heavy (non-hydrogen) atoms. The normalized spacial score (nSPS) is 12.9. The number of rotatable bonds is 15. The maximum absolute atomic E-state index is 13.8. The van der Waals surface area contributed by atoms with Crippen LogP contribution in [-0.2, 0) is 32.0 Å². The lowest BCUT2D eigenvalue weighted by atomic mass is 10.0. The quantitative estimate of drug-likeness (QED) is 0.0601. The van der Waals surface area contributed by atoms with Crippen molar-refractivity contribution in [2.75, 3.05) is 13.6 Å². The summed E-state index contributed by atoms with van der Waals surface area (Å²) in [6.45, 7) is 4.70. The average molecular weight is 677 g/mol. The van der Waals surface area contributed by atoms with Gasteiger partial charge in [-0.1, -0.05) is 77.8 Å². The molecule has 0 fully saturated rings. The smallest absolute Gasteiger partial charge is 0.408 e. The third-order valence-electron chi connectivity index (χ3n) is 7.39. The minimum Gasteiger partial charge on any atom is -0.444 e. The zero-order chi connectivity index (χ0) is 36.1. The molecule has 3 atom stereocenters. The molecule has 0 saturated heterocycles. The Morgan fingerprint density at radius 1 is 0.837 bits per heavy atom. The average Bonchev–Trinajstić information content (AvgIpc) is 3.04. The number of likely N-dealkylation sites (N-methyl/N-ethyl adjacent to an activating group) is 1. The fourth-order valence-corrected chi connectivity index (χ4v) is 5.04. The Bertz CT molecular complexity index is 1630. The Hall–Kier alpha value is -5.73. The van der Waals surface area contributed by atoms with Gasteiger partial charge in [-0.3, -0.25) is 19.8 Å². The zero-order valence-electron chi connectivity index (χ0n) is 28.0. The van der Waals surface area contributed by atoms with Crippen LogP contribution in [0.4, 0.5) is 4.79 Å². The van der Waals surface area contributed by atoms with Gasteiger partial charge in [0.25, 0.3) is 5.96 Å². The molecule has 1 unspecified atom stereocenters. The zero-order valence-corrected chi connectivity index (χ0v) is 28.0. The van der Waals surface area contributed by atoms with E-state index in [1.165, 1.54) is 7.05 Å². The molecule has 0 radical (unpaired) electrons. The minimum absolute atomic E-state index is 0.0446. The van der Waals surface area contributed by atoms with Gasteiger partial charge in [0.15, 0.2) is 5.03 Å². The van der Waals surface area contributed by atoms with Crippen LogP contribution in [0.3, 0.4) is 0 Å². The van der Waals surface area contributed by atoms with Crippen LogP contribution in [0.1, 0.15) is 44.7 Å². The molecule has 0 saturated carbocycles. The number of nitrogens with two attached hydrogens (primary N) is 1. The van der Waals surface area contributed by atoms with Crippen LogP contribution >= 0.6 is 0 Å². The van der Waals surface area contributed by atoms with E-state index in [-0.39, 0.29) is 32.2 Å². The Morgan fingerprint density at radius 2 is 1.41 bits per heavy atom. The van der Waals surface area contributed by atoms with Crippen molar-refractivity contribution in [2.24, 2.45) is 5.73 Å². The summed E-state index contributed by atoms with van der Waals surface area (Å²) >= 11 is 0. The predicted molar refractivity (Wildman–Crippen MR) is 184 cm³/mol. The van der Waals surface area contributed by atoms with Gasteiger partial charge in [0.05, 0.1) is 6.54 Å².